The molecule has 0 unspecified atom stereocenters. The topological polar surface area (TPSA) is 35.2 Å². The highest BCUT2D eigenvalue weighted by atomic mass is 127. The molecule has 1 aromatic rings. The van der Waals surface area contributed by atoms with E-state index in [1.54, 1.807) is 0 Å². The zero-order valence-electron chi connectivity index (χ0n) is 8.40. The lowest BCUT2D eigenvalue weighted by Gasteiger charge is -2.21. The third-order valence-electron chi connectivity index (χ3n) is 1.43. The van der Waals surface area contributed by atoms with Crippen LogP contribution in [0.3, 0.4) is 0 Å². The van der Waals surface area contributed by atoms with Gasteiger partial charge < -0.3 is 10.2 Å². The predicted molar refractivity (Wildman–Crippen MR) is 80.3 cm³/mol. The van der Waals surface area contributed by atoms with Crippen molar-refractivity contribution in [2.45, 2.75) is 19.6 Å². The van der Waals surface area contributed by atoms with Gasteiger partial charge in [0.25, 0.3) is 0 Å². The Labute approximate surface area is 113 Å². The maximum atomic E-state index is 5.99. The first-order chi connectivity index (χ1) is 6.29. The summed E-state index contributed by atoms with van der Waals surface area (Å²) in [5.74, 6) is 0.986. The predicted octanol–water partition coefficient (Wildman–Crippen LogP) is 3.69. The fourth-order valence-corrected chi connectivity index (χ4v) is 4.27. The Hall–Kier alpha value is 0.497. The maximum Gasteiger partial charge on any atom is 0.242 e. The first kappa shape index (κ1) is 12.6. The van der Waals surface area contributed by atoms with E-state index in [2.05, 4.69) is 64.8 Å². The highest BCUT2D eigenvalue weighted by Crippen LogP contribution is 2.31. The molecule has 14 heavy (non-hydrogen) atoms. The minimum absolute atomic E-state index is 0.793. The molecule has 0 amide bonds. The molecule has 0 spiro atoms. The molecule has 0 saturated heterocycles. The molecule has 0 aromatic heterocycles. The summed E-state index contributed by atoms with van der Waals surface area (Å²) < 4.78 is 8.17. The molecule has 0 atom stereocenters. The van der Waals surface area contributed by atoms with Gasteiger partial charge in [0, 0.05) is 5.69 Å². The van der Waals surface area contributed by atoms with Gasteiger partial charge in [-0.1, -0.05) is 0 Å². The van der Waals surface area contributed by atoms with Crippen molar-refractivity contribution >= 4 is 59.2 Å². The van der Waals surface area contributed by atoms with Crippen molar-refractivity contribution in [3.05, 3.63) is 19.3 Å². The van der Waals surface area contributed by atoms with Crippen LogP contribution in [0.15, 0.2) is 12.1 Å². The van der Waals surface area contributed by atoms with Gasteiger partial charge in [0.1, 0.15) is 5.75 Å². The van der Waals surface area contributed by atoms with Crippen molar-refractivity contribution in [1.29, 1.82) is 0 Å². The Kier molecular flexibility index (Phi) is 4.09. The molecule has 0 aliphatic heterocycles. The van der Waals surface area contributed by atoms with E-state index < -0.39 is 8.32 Å². The quantitative estimate of drug-likeness (QED) is 0.439. The van der Waals surface area contributed by atoms with Crippen LogP contribution in [0.4, 0.5) is 5.69 Å². The SMILES string of the molecule is C[Si](C)(C)Oc1c(I)cc(N)cc1I. The van der Waals surface area contributed by atoms with Gasteiger partial charge in [-0.3, -0.25) is 0 Å². The van der Waals surface area contributed by atoms with E-state index in [1.807, 2.05) is 12.1 Å². The molecule has 0 heterocycles. The molecule has 0 aliphatic rings. The van der Waals surface area contributed by atoms with Crippen LogP contribution < -0.4 is 10.2 Å². The number of nitrogens with two attached hydrogens (primary N) is 1. The van der Waals surface area contributed by atoms with Crippen LogP contribution >= 0.6 is 45.2 Å². The lowest BCUT2D eigenvalue weighted by Crippen LogP contribution is -2.30. The van der Waals surface area contributed by atoms with Gasteiger partial charge in [0.05, 0.1) is 7.14 Å². The molecule has 78 valence electrons. The number of hydrogen-bond donors (Lipinski definition) is 1. The number of hydrogen-bond acceptors (Lipinski definition) is 2. The third-order valence-corrected chi connectivity index (χ3v) is 3.85. The van der Waals surface area contributed by atoms with E-state index in [-0.39, 0.29) is 0 Å². The van der Waals surface area contributed by atoms with Gasteiger partial charge in [0.15, 0.2) is 0 Å². The highest BCUT2D eigenvalue weighted by molar-refractivity contribution is 14.1. The summed E-state index contributed by atoms with van der Waals surface area (Å²) >= 11 is 4.53. The van der Waals surface area contributed by atoms with Gasteiger partial charge in [-0.25, -0.2) is 0 Å². The first-order valence-electron chi connectivity index (χ1n) is 4.23. The highest BCUT2D eigenvalue weighted by Gasteiger charge is 2.19. The van der Waals surface area contributed by atoms with Crippen LogP contribution in [-0.2, 0) is 0 Å². The van der Waals surface area contributed by atoms with E-state index in [1.165, 1.54) is 0 Å². The minimum Gasteiger partial charge on any atom is -0.543 e. The van der Waals surface area contributed by atoms with Crippen molar-refractivity contribution < 1.29 is 4.43 Å². The van der Waals surface area contributed by atoms with Crippen molar-refractivity contribution in [1.82, 2.24) is 0 Å². The summed E-state index contributed by atoms with van der Waals surface area (Å²) in [7, 11) is -1.53. The standard InChI is InChI=1S/C9H13I2NOSi/c1-14(2,3)13-9-7(10)4-6(12)5-8(9)11/h4-5H,12H2,1-3H3. The Bertz CT molecular complexity index is 326. The lowest BCUT2D eigenvalue weighted by molar-refractivity contribution is 0.550. The van der Waals surface area contributed by atoms with E-state index in [0.29, 0.717) is 0 Å². The average Bonchev–Trinajstić information content (AvgIpc) is 1.95. The molecule has 2 nitrogen and oxygen atoms in total. The zero-order valence-corrected chi connectivity index (χ0v) is 13.7. The normalized spacial score (nSPS) is 11.5. The van der Waals surface area contributed by atoms with Gasteiger partial charge in [-0.2, -0.15) is 0 Å². The summed E-state index contributed by atoms with van der Waals surface area (Å²) in [6.07, 6.45) is 0. The second-order valence-electron chi connectivity index (χ2n) is 4.03. The average molecular weight is 433 g/mol. The first-order valence-corrected chi connectivity index (χ1v) is 9.80. The molecular formula is C9H13I2NOSi. The second-order valence-corrected chi connectivity index (χ2v) is 10.8. The molecule has 0 bridgehead atoms. The number of rotatable bonds is 2. The van der Waals surface area contributed by atoms with Gasteiger partial charge in [0.2, 0.25) is 8.32 Å². The molecule has 5 heteroatoms. The summed E-state index contributed by atoms with van der Waals surface area (Å²) in [5, 5.41) is 0. The van der Waals surface area contributed by atoms with Crippen molar-refractivity contribution in [2.75, 3.05) is 5.73 Å². The van der Waals surface area contributed by atoms with Gasteiger partial charge in [-0.05, 0) is 77.0 Å². The zero-order chi connectivity index (χ0) is 10.9. The van der Waals surface area contributed by atoms with Gasteiger partial charge in [-0.15, -0.1) is 0 Å². The van der Waals surface area contributed by atoms with Crippen molar-refractivity contribution in [2.24, 2.45) is 0 Å². The molecule has 0 saturated carbocycles. The Balaban J connectivity index is 3.09. The number of benzene rings is 1. The summed E-state index contributed by atoms with van der Waals surface area (Å²) in [6.45, 7) is 6.53. The van der Waals surface area contributed by atoms with Crippen LogP contribution in [0.2, 0.25) is 19.6 Å². The van der Waals surface area contributed by atoms with Crippen LogP contribution in [-0.4, -0.2) is 8.32 Å². The molecular weight excluding hydrogens is 420 g/mol. The summed E-state index contributed by atoms with van der Waals surface area (Å²) in [4.78, 5) is 0. The van der Waals surface area contributed by atoms with Crippen LogP contribution in [0.1, 0.15) is 0 Å². The monoisotopic (exact) mass is 433 g/mol. The number of nitrogen functional groups attached to an aromatic ring is 1. The van der Waals surface area contributed by atoms with E-state index in [0.717, 1.165) is 18.6 Å². The Morgan fingerprint density at radius 2 is 1.57 bits per heavy atom. The molecule has 2 N–H and O–H groups in total. The smallest absolute Gasteiger partial charge is 0.242 e. The van der Waals surface area contributed by atoms with E-state index in [9.17, 15) is 0 Å². The fourth-order valence-electron chi connectivity index (χ4n) is 0.983. The maximum absolute atomic E-state index is 5.99. The van der Waals surface area contributed by atoms with Crippen molar-refractivity contribution in [3.63, 3.8) is 0 Å². The van der Waals surface area contributed by atoms with Crippen LogP contribution in [0.25, 0.3) is 0 Å². The molecule has 0 radical (unpaired) electrons. The summed E-state index contributed by atoms with van der Waals surface area (Å²) in [5.41, 5.74) is 6.53. The largest absolute Gasteiger partial charge is 0.543 e. The van der Waals surface area contributed by atoms with Crippen LogP contribution in [0.5, 0.6) is 5.75 Å². The fraction of sp³-hybridized carbons (Fsp3) is 0.333. The molecule has 1 rings (SSSR count). The minimum atomic E-state index is -1.53. The van der Waals surface area contributed by atoms with Crippen molar-refractivity contribution in [3.8, 4) is 5.75 Å². The molecule has 0 aliphatic carbocycles. The van der Waals surface area contributed by atoms with Crippen LogP contribution in [0, 0.1) is 7.14 Å². The third kappa shape index (κ3) is 3.57. The van der Waals surface area contributed by atoms with E-state index in [4.69, 9.17) is 10.2 Å². The molecule has 1 aromatic carbocycles. The second kappa shape index (κ2) is 4.56. The number of anilines is 1. The van der Waals surface area contributed by atoms with E-state index >= 15 is 0 Å². The Morgan fingerprint density at radius 3 is 1.93 bits per heavy atom. The molecule has 0 fully saturated rings. The van der Waals surface area contributed by atoms with Gasteiger partial charge >= 0.3 is 0 Å². The Morgan fingerprint density at radius 1 is 1.14 bits per heavy atom. The summed E-state index contributed by atoms with van der Waals surface area (Å²) in [6, 6.07) is 3.89. The lowest BCUT2D eigenvalue weighted by atomic mass is 10.3. The number of halogens is 2.